The molecule has 0 atom stereocenters. The molecular weight excluding hydrogens is 527 g/mol. The zero-order valence-corrected chi connectivity index (χ0v) is 22.0. The third kappa shape index (κ3) is 6.86. The Hall–Kier alpha value is -4.11. The van der Waals surface area contributed by atoms with E-state index in [0.717, 1.165) is 34.9 Å². The van der Waals surface area contributed by atoms with Gasteiger partial charge < -0.3 is 9.08 Å². The second-order valence-corrected chi connectivity index (χ2v) is 10.7. The first kappa shape index (κ1) is 27.9. The lowest BCUT2D eigenvalue weighted by Crippen LogP contribution is -2.36. The molecule has 0 aliphatic carbocycles. The van der Waals surface area contributed by atoms with E-state index in [4.69, 9.17) is 4.18 Å². The van der Waals surface area contributed by atoms with Gasteiger partial charge in [0.15, 0.2) is 0 Å². The van der Waals surface area contributed by atoms with Gasteiger partial charge in [-0.3, -0.25) is 4.79 Å². The standard InChI is InChI=1S/C30H26F3NO4S/c1-21(2)34(29(35)25-15-13-24(14-16-25)23-7-4-3-5-8-23)20-22-11-17-27(18-12-22)38-39(36,37)28-10-6-9-26(19-28)30(31,32)33/h3-19,21H,20H2,1-2H3. The Labute approximate surface area is 225 Å². The normalized spacial score (nSPS) is 11.8. The van der Waals surface area contributed by atoms with Crippen molar-refractivity contribution in [1.29, 1.82) is 0 Å². The van der Waals surface area contributed by atoms with Crippen molar-refractivity contribution >= 4 is 16.0 Å². The Balaban J connectivity index is 1.46. The van der Waals surface area contributed by atoms with Crippen LogP contribution in [-0.2, 0) is 22.8 Å². The fourth-order valence-corrected chi connectivity index (χ4v) is 4.92. The van der Waals surface area contributed by atoms with Crippen LogP contribution >= 0.6 is 0 Å². The average Bonchev–Trinajstić information content (AvgIpc) is 2.92. The van der Waals surface area contributed by atoms with E-state index in [2.05, 4.69) is 0 Å². The molecule has 0 unspecified atom stereocenters. The van der Waals surface area contributed by atoms with Crippen LogP contribution in [0.15, 0.2) is 108 Å². The van der Waals surface area contributed by atoms with Crippen LogP contribution in [-0.4, -0.2) is 25.3 Å². The van der Waals surface area contributed by atoms with Gasteiger partial charge >= 0.3 is 16.3 Å². The minimum Gasteiger partial charge on any atom is -0.379 e. The van der Waals surface area contributed by atoms with E-state index in [1.165, 1.54) is 12.1 Å². The maximum atomic E-state index is 13.3. The third-order valence-corrected chi connectivity index (χ3v) is 7.30. The number of hydrogen-bond acceptors (Lipinski definition) is 4. The van der Waals surface area contributed by atoms with Crippen molar-refractivity contribution in [2.45, 2.75) is 37.5 Å². The van der Waals surface area contributed by atoms with Crippen LogP contribution < -0.4 is 4.18 Å². The van der Waals surface area contributed by atoms with E-state index < -0.39 is 26.8 Å². The molecule has 0 aliphatic rings. The van der Waals surface area contributed by atoms with Gasteiger partial charge in [-0.15, -0.1) is 0 Å². The number of hydrogen-bond donors (Lipinski definition) is 0. The van der Waals surface area contributed by atoms with Gasteiger partial charge in [-0.25, -0.2) is 0 Å². The molecule has 39 heavy (non-hydrogen) atoms. The highest BCUT2D eigenvalue weighted by Gasteiger charge is 2.32. The minimum absolute atomic E-state index is 0.0601. The Morgan fingerprint density at radius 1 is 0.821 bits per heavy atom. The Bertz CT molecular complexity index is 1530. The van der Waals surface area contributed by atoms with Crippen LogP contribution in [0.1, 0.15) is 35.3 Å². The minimum atomic E-state index is -4.68. The zero-order chi connectivity index (χ0) is 28.2. The predicted molar refractivity (Wildman–Crippen MR) is 143 cm³/mol. The van der Waals surface area contributed by atoms with Crippen molar-refractivity contribution in [3.05, 3.63) is 120 Å². The molecule has 4 aromatic rings. The molecule has 0 aromatic heterocycles. The molecule has 0 spiro atoms. The summed E-state index contributed by atoms with van der Waals surface area (Å²) in [7, 11) is -4.48. The molecule has 0 aliphatic heterocycles. The maximum Gasteiger partial charge on any atom is 0.416 e. The van der Waals surface area contributed by atoms with Gasteiger partial charge in [0, 0.05) is 18.2 Å². The predicted octanol–water partition coefficient (Wildman–Crippen LogP) is 7.19. The van der Waals surface area contributed by atoms with Crippen LogP contribution in [0.5, 0.6) is 5.75 Å². The highest BCUT2D eigenvalue weighted by Crippen LogP contribution is 2.31. The van der Waals surface area contributed by atoms with Crippen molar-refractivity contribution in [2.24, 2.45) is 0 Å². The van der Waals surface area contributed by atoms with Crippen LogP contribution in [0.3, 0.4) is 0 Å². The van der Waals surface area contributed by atoms with E-state index in [1.807, 2.05) is 56.3 Å². The first-order valence-electron chi connectivity index (χ1n) is 12.1. The molecule has 0 fully saturated rings. The van der Waals surface area contributed by atoms with E-state index >= 15 is 0 Å². The summed E-state index contributed by atoms with van der Waals surface area (Å²) in [5.74, 6) is -0.216. The van der Waals surface area contributed by atoms with E-state index in [-0.39, 0.29) is 24.2 Å². The number of nitrogens with zero attached hydrogens (tertiary/aromatic N) is 1. The summed E-state index contributed by atoms with van der Waals surface area (Å²) in [6, 6.07) is 26.5. The zero-order valence-electron chi connectivity index (χ0n) is 21.2. The lowest BCUT2D eigenvalue weighted by atomic mass is 10.0. The Morgan fingerprint density at radius 2 is 1.44 bits per heavy atom. The SMILES string of the molecule is CC(C)N(Cc1ccc(OS(=O)(=O)c2cccc(C(F)(F)F)c2)cc1)C(=O)c1ccc(-c2ccccc2)cc1. The number of benzene rings is 4. The largest absolute Gasteiger partial charge is 0.416 e. The molecule has 0 bridgehead atoms. The molecular formula is C30H26F3NO4S. The molecule has 4 aromatic carbocycles. The summed E-state index contributed by atoms with van der Waals surface area (Å²) in [5.41, 5.74) is 2.22. The van der Waals surface area contributed by atoms with Crippen LogP contribution in [0, 0.1) is 0 Å². The number of carbonyl (C=O) groups excluding carboxylic acids is 1. The van der Waals surface area contributed by atoms with Gasteiger partial charge in [0.1, 0.15) is 10.6 Å². The molecule has 5 nitrogen and oxygen atoms in total. The summed E-state index contributed by atoms with van der Waals surface area (Å²) < 4.78 is 69.1. The summed E-state index contributed by atoms with van der Waals surface area (Å²) in [6.45, 7) is 4.06. The van der Waals surface area contributed by atoms with E-state index in [1.54, 1.807) is 29.2 Å². The molecule has 202 valence electrons. The number of rotatable bonds is 8. The topological polar surface area (TPSA) is 63.7 Å². The van der Waals surface area contributed by atoms with Gasteiger partial charge in [-0.1, -0.05) is 60.7 Å². The number of carbonyl (C=O) groups is 1. The third-order valence-electron chi connectivity index (χ3n) is 6.06. The first-order valence-corrected chi connectivity index (χ1v) is 13.5. The van der Waals surface area contributed by atoms with Crippen molar-refractivity contribution in [3.63, 3.8) is 0 Å². The number of amides is 1. The highest BCUT2D eigenvalue weighted by molar-refractivity contribution is 7.87. The molecule has 0 N–H and O–H groups in total. The van der Waals surface area contributed by atoms with Crippen molar-refractivity contribution in [1.82, 2.24) is 4.90 Å². The van der Waals surface area contributed by atoms with Gasteiger partial charge in [0.2, 0.25) is 0 Å². The first-order chi connectivity index (χ1) is 18.4. The smallest absolute Gasteiger partial charge is 0.379 e. The maximum absolute atomic E-state index is 13.3. The Kier molecular flexibility index (Phi) is 8.11. The van der Waals surface area contributed by atoms with Crippen molar-refractivity contribution in [2.75, 3.05) is 0 Å². The summed E-state index contributed by atoms with van der Waals surface area (Å²) >= 11 is 0. The van der Waals surface area contributed by atoms with E-state index in [0.29, 0.717) is 11.6 Å². The van der Waals surface area contributed by atoms with Gasteiger partial charge in [-0.2, -0.15) is 21.6 Å². The van der Waals surface area contributed by atoms with Gasteiger partial charge in [0.25, 0.3) is 5.91 Å². The molecule has 9 heteroatoms. The highest BCUT2D eigenvalue weighted by atomic mass is 32.2. The molecule has 4 rings (SSSR count). The molecule has 0 radical (unpaired) electrons. The fourth-order valence-electron chi connectivity index (χ4n) is 3.94. The summed E-state index contributed by atoms with van der Waals surface area (Å²) in [5, 5.41) is 0. The van der Waals surface area contributed by atoms with Crippen LogP contribution in [0.25, 0.3) is 11.1 Å². The summed E-state index contributed by atoms with van der Waals surface area (Å²) in [4.78, 5) is 14.4. The number of halogens is 3. The summed E-state index contributed by atoms with van der Waals surface area (Å²) in [6.07, 6.45) is -4.68. The molecule has 0 heterocycles. The monoisotopic (exact) mass is 553 g/mol. The number of alkyl halides is 3. The second kappa shape index (κ2) is 11.3. The van der Waals surface area contributed by atoms with Gasteiger partial charge in [0.05, 0.1) is 5.56 Å². The van der Waals surface area contributed by atoms with Crippen molar-refractivity contribution in [3.8, 4) is 16.9 Å². The molecule has 1 amide bonds. The van der Waals surface area contributed by atoms with Crippen LogP contribution in [0.2, 0.25) is 0 Å². The van der Waals surface area contributed by atoms with Crippen LogP contribution in [0.4, 0.5) is 13.2 Å². The lowest BCUT2D eigenvalue weighted by molar-refractivity contribution is -0.137. The lowest BCUT2D eigenvalue weighted by Gasteiger charge is -2.27. The quantitative estimate of drug-likeness (QED) is 0.217. The fraction of sp³-hybridized carbons (Fsp3) is 0.167. The van der Waals surface area contributed by atoms with Crippen molar-refractivity contribution < 1.29 is 30.6 Å². The Morgan fingerprint density at radius 3 is 2.03 bits per heavy atom. The second-order valence-electron chi connectivity index (χ2n) is 9.18. The molecule has 0 saturated carbocycles. The average molecular weight is 554 g/mol. The molecule has 0 saturated heterocycles. The van der Waals surface area contributed by atoms with Gasteiger partial charge in [-0.05, 0) is 73.0 Å². The van der Waals surface area contributed by atoms with E-state index in [9.17, 15) is 26.4 Å².